The van der Waals surface area contributed by atoms with E-state index >= 15 is 0 Å². The van der Waals surface area contributed by atoms with Gasteiger partial charge in [0.15, 0.2) is 0 Å². The Balaban J connectivity index is 1.67. The number of amides is 1. The third-order valence-electron chi connectivity index (χ3n) is 5.05. The van der Waals surface area contributed by atoms with Gasteiger partial charge in [-0.2, -0.15) is 0 Å². The molecular weight excluding hydrogens is 401 g/mol. The van der Waals surface area contributed by atoms with E-state index in [1.54, 1.807) is 18.2 Å². The van der Waals surface area contributed by atoms with Crippen LogP contribution >= 0.6 is 0 Å². The van der Waals surface area contributed by atoms with Crippen LogP contribution in [0.5, 0.6) is 5.75 Å². The number of primary amides is 1. The lowest BCUT2D eigenvalue weighted by Crippen LogP contribution is -2.05. The lowest BCUT2D eigenvalue weighted by Gasteiger charge is -2.12. The summed E-state index contributed by atoms with van der Waals surface area (Å²) in [6.45, 7) is 0.474. The molecule has 3 nitrogen and oxygen atoms in total. The fraction of sp³-hybridized carbons (Fsp3) is 0.0357. The number of carbonyl (C=O) groups excluding carboxylic acids is 1. The van der Waals surface area contributed by atoms with Crippen molar-refractivity contribution in [1.29, 1.82) is 0 Å². The molecular formula is C28H22FNO2. The Morgan fingerprint density at radius 3 is 2.31 bits per heavy atom. The molecule has 0 aliphatic rings. The summed E-state index contributed by atoms with van der Waals surface area (Å²) in [5.41, 5.74) is 10.9. The van der Waals surface area contributed by atoms with Crippen LogP contribution < -0.4 is 10.5 Å². The molecule has 0 saturated heterocycles. The molecule has 0 spiro atoms. The summed E-state index contributed by atoms with van der Waals surface area (Å²) >= 11 is 0. The molecule has 4 heteroatoms. The van der Waals surface area contributed by atoms with Gasteiger partial charge in [-0.1, -0.05) is 66.7 Å². The molecule has 32 heavy (non-hydrogen) atoms. The zero-order valence-electron chi connectivity index (χ0n) is 17.4. The Kier molecular flexibility index (Phi) is 6.42. The van der Waals surface area contributed by atoms with E-state index in [0.29, 0.717) is 6.61 Å². The number of hydrogen-bond donors (Lipinski definition) is 1. The van der Waals surface area contributed by atoms with Gasteiger partial charge in [0.1, 0.15) is 18.2 Å². The zero-order valence-corrected chi connectivity index (χ0v) is 17.4. The highest BCUT2D eigenvalue weighted by atomic mass is 19.1. The number of nitrogens with two attached hydrogens (primary N) is 1. The second-order valence-electron chi connectivity index (χ2n) is 7.35. The highest BCUT2D eigenvalue weighted by molar-refractivity contribution is 5.92. The Morgan fingerprint density at radius 2 is 1.56 bits per heavy atom. The molecule has 0 aliphatic carbocycles. The Hall–Kier alpha value is -4.18. The van der Waals surface area contributed by atoms with E-state index in [2.05, 4.69) is 0 Å². The maximum absolute atomic E-state index is 13.3. The van der Waals surface area contributed by atoms with Gasteiger partial charge in [-0.05, 0) is 69.8 Å². The highest BCUT2D eigenvalue weighted by Gasteiger charge is 2.08. The maximum atomic E-state index is 13.3. The van der Waals surface area contributed by atoms with Crippen molar-refractivity contribution in [1.82, 2.24) is 0 Å². The van der Waals surface area contributed by atoms with Gasteiger partial charge in [-0.3, -0.25) is 4.79 Å². The Morgan fingerprint density at radius 1 is 0.812 bits per heavy atom. The standard InChI is InChI=1S/C28H22FNO2/c29-25-13-9-21(10-14-25)22-11-15-27(24(17-22)12-16-28(30)31)23-7-4-8-26(18-23)32-19-20-5-2-1-3-6-20/h1-18H,19H2,(H2,30,31)/b16-12+. The smallest absolute Gasteiger partial charge is 0.241 e. The first-order valence-electron chi connectivity index (χ1n) is 10.2. The molecule has 0 unspecified atom stereocenters. The molecule has 4 aromatic rings. The van der Waals surface area contributed by atoms with Gasteiger partial charge < -0.3 is 10.5 Å². The number of carbonyl (C=O) groups is 1. The molecule has 1 amide bonds. The van der Waals surface area contributed by atoms with Crippen molar-refractivity contribution in [3.8, 4) is 28.0 Å². The van der Waals surface area contributed by atoms with Gasteiger partial charge in [0, 0.05) is 6.08 Å². The summed E-state index contributed by atoms with van der Waals surface area (Å²) in [6.07, 6.45) is 3.03. The van der Waals surface area contributed by atoms with Crippen LogP contribution in [0, 0.1) is 5.82 Å². The van der Waals surface area contributed by atoms with E-state index in [-0.39, 0.29) is 5.82 Å². The average Bonchev–Trinajstić information content (AvgIpc) is 2.82. The number of ether oxygens (including phenoxy) is 1. The molecule has 4 rings (SSSR count). The molecule has 158 valence electrons. The first kappa shape index (κ1) is 21.1. The molecule has 0 saturated carbocycles. The largest absolute Gasteiger partial charge is 0.489 e. The van der Waals surface area contributed by atoms with Crippen molar-refractivity contribution in [2.24, 2.45) is 5.73 Å². The summed E-state index contributed by atoms with van der Waals surface area (Å²) < 4.78 is 19.3. The normalized spacial score (nSPS) is 10.9. The number of rotatable bonds is 7. The van der Waals surface area contributed by atoms with Crippen molar-refractivity contribution >= 4 is 12.0 Å². The molecule has 0 aromatic heterocycles. The minimum absolute atomic E-state index is 0.286. The zero-order chi connectivity index (χ0) is 22.3. The molecule has 2 N–H and O–H groups in total. The Bertz CT molecular complexity index is 1250. The SMILES string of the molecule is NC(=O)/C=C/c1cc(-c2ccc(F)cc2)ccc1-c1cccc(OCc2ccccc2)c1. The number of halogens is 1. The second-order valence-corrected chi connectivity index (χ2v) is 7.35. The lowest BCUT2D eigenvalue weighted by atomic mass is 9.94. The van der Waals surface area contributed by atoms with Crippen molar-refractivity contribution in [2.75, 3.05) is 0 Å². The quantitative estimate of drug-likeness (QED) is 0.358. The van der Waals surface area contributed by atoms with Gasteiger partial charge in [0.05, 0.1) is 0 Å². The van der Waals surface area contributed by atoms with E-state index in [9.17, 15) is 9.18 Å². The van der Waals surface area contributed by atoms with E-state index in [4.69, 9.17) is 10.5 Å². The van der Waals surface area contributed by atoms with E-state index in [1.807, 2.05) is 72.8 Å². The van der Waals surface area contributed by atoms with Crippen LogP contribution in [0.15, 0.2) is 103 Å². The predicted octanol–water partition coefficient (Wildman–Crippen LogP) is 6.24. The van der Waals surface area contributed by atoms with Gasteiger partial charge in [0.25, 0.3) is 0 Å². The first-order chi connectivity index (χ1) is 15.6. The van der Waals surface area contributed by atoms with Crippen LogP contribution in [-0.4, -0.2) is 5.91 Å². The van der Waals surface area contributed by atoms with Crippen molar-refractivity contribution in [2.45, 2.75) is 6.61 Å². The van der Waals surface area contributed by atoms with Gasteiger partial charge in [0.2, 0.25) is 5.91 Å². The molecule has 0 heterocycles. The van der Waals surface area contributed by atoms with Crippen LogP contribution in [0.25, 0.3) is 28.3 Å². The molecule has 0 fully saturated rings. The molecule has 0 atom stereocenters. The van der Waals surface area contributed by atoms with Crippen molar-refractivity contribution < 1.29 is 13.9 Å². The van der Waals surface area contributed by atoms with Gasteiger partial charge in [-0.25, -0.2) is 4.39 Å². The van der Waals surface area contributed by atoms with Crippen LogP contribution in [0.1, 0.15) is 11.1 Å². The lowest BCUT2D eigenvalue weighted by molar-refractivity contribution is -0.113. The van der Waals surface area contributed by atoms with E-state index < -0.39 is 5.91 Å². The van der Waals surface area contributed by atoms with E-state index in [1.165, 1.54) is 18.2 Å². The first-order valence-corrected chi connectivity index (χ1v) is 10.2. The summed E-state index contributed by atoms with van der Waals surface area (Å²) in [7, 11) is 0. The third-order valence-corrected chi connectivity index (χ3v) is 5.05. The summed E-state index contributed by atoms with van der Waals surface area (Å²) in [6, 6.07) is 30.0. The summed E-state index contributed by atoms with van der Waals surface area (Å²) in [5, 5.41) is 0. The Labute approximate surface area is 186 Å². The maximum Gasteiger partial charge on any atom is 0.241 e. The number of benzene rings is 4. The van der Waals surface area contributed by atoms with Crippen molar-refractivity contribution in [3.63, 3.8) is 0 Å². The topological polar surface area (TPSA) is 52.3 Å². The fourth-order valence-electron chi connectivity index (χ4n) is 3.45. The highest BCUT2D eigenvalue weighted by Crippen LogP contribution is 2.32. The molecule has 0 bridgehead atoms. The van der Waals surface area contributed by atoms with Crippen LogP contribution in [0.2, 0.25) is 0 Å². The average molecular weight is 423 g/mol. The monoisotopic (exact) mass is 423 g/mol. The third kappa shape index (κ3) is 5.29. The minimum atomic E-state index is -0.525. The minimum Gasteiger partial charge on any atom is -0.489 e. The van der Waals surface area contributed by atoms with Crippen LogP contribution in [0.4, 0.5) is 4.39 Å². The summed E-state index contributed by atoms with van der Waals surface area (Å²) in [4.78, 5) is 11.4. The van der Waals surface area contributed by atoms with Gasteiger partial charge in [-0.15, -0.1) is 0 Å². The number of hydrogen-bond acceptors (Lipinski definition) is 2. The molecule has 4 aromatic carbocycles. The van der Waals surface area contributed by atoms with Crippen LogP contribution in [0.3, 0.4) is 0 Å². The fourth-order valence-corrected chi connectivity index (χ4v) is 3.45. The van der Waals surface area contributed by atoms with Gasteiger partial charge >= 0.3 is 0 Å². The summed E-state index contributed by atoms with van der Waals surface area (Å²) in [5.74, 6) is -0.0617. The second kappa shape index (κ2) is 9.75. The molecule has 0 aliphatic heterocycles. The predicted molar refractivity (Wildman–Crippen MR) is 126 cm³/mol. The van der Waals surface area contributed by atoms with E-state index in [0.717, 1.165) is 39.1 Å². The van der Waals surface area contributed by atoms with Crippen molar-refractivity contribution in [3.05, 3.63) is 120 Å². The molecule has 0 radical (unpaired) electrons. The van der Waals surface area contributed by atoms with Crippen LogP contribution in [-0.2, 0) is 11.4 Å².